The number of carbonyl (C=O) groups is 1. The van der Waals surface area contributed by atoms with Gasteiger partial charge in [0.05, 0.1) is 7.11 Å². The molecule has 0 saturated carbocycles. The number of nitrogens with zero attached hydrogens (tertiary/aromatic N) is 2. The van der Waals surface area contributed by atoms with Crippen LogP contribution in [-0.2, 0) is 10.0 Å². The molecule has 0 aromatic heterocycles. The third kappa shape index (κ3) is 3.53. The number of carbonyl (C=O) groups excluding carboxylic acids is 1. The van der Waals surface area contributed by atoms with Crippen LogP contribution >= 0.6 is 0 Å². The summed E-state index contributed by atoms with van der Waals surface area (Å²) in [5.41, 5.74) is 1.56. The Balaban J connectivity index is 1.55. The van der Waals surface area contributed by atoms with Gasteiger partial charge in [-0.2, -0.15) is 8.42 Å². The first-order valence-electron chi connectivity index (χ1n) is 9.04. The fourth-order valence-corrected chi connectivity index (χ4v) is 4.40. The lowest BCUT2D eigenvalue weighted by Gasteiger charge is -2.19. The highest BCUT2D eigenvalue weighted by molar-refractivity contribution is 7.90. The largest absolute Gasteiger partial charge is 0.496 e. The first kappa shape index (κ1) is 19.7. The van der Waals surface area contributed by atoms with Gasteiger partial charge in [-0.25, -0.2) is 4.79 Å². The summed E-state index contributed by atoms with van der Waals surface area (Å²) in [6.07, 6.45) is 0. The van der Waals surface area contributed by atoms with Crippen LogP contribution in [0.25, 0.3) is 0 Å². The van der Waals surface area contributed by atoms with Crippen LogP contribution in [0.4, 0.5) is 5.69 Å². The molecule has 0 N–H and O–H groups in total. The van der Waals surface area contributed by atoms with E-state index in [4.69, 9.17) is 9.47 Å². The summed E-state index contributed by atoms with van der Waals surface area (Å²) in [7, 11) is -0.489. The Morgan fingerprint density at radius 2 is 1.60 bits per heavy atom. The molecule has 1 aliphatic heterocycles. The average molecular weight is 422 g/mol. The lowest BCUT2D eigenvalue weighted by molar-refractivity contribution is 0.0731. The van der Waals surface area contributed by atoms with Gasteiger partial charge in [-0.3, -0.25) is 0 Å². The molecule has 0 unspecified atom stereocenters. The fourth-order valence-electron chi connectivity index (χ4n) is 3.17. The molecule has 0 atom stereocenters. The van der Waals surface area contributed by atoms with Gasteiger partial charge in [0.2, 0.25) is 0 Å². The second-order valence-electron chi connectivity index (χ2n) is 6.53. The standard InChI is InChI=1S/C22H18N2O5S/c1-24(21-18-8-4-6-10-20(18)30(26,27)23-21)15-11-13-16(14-12-15)29-22(25)17-7-3-5-9-19(17)28-2/h3-14H,1-2H3. The van der Waals surface area contributed by atoms with Gasteiger partial charge in [0.15, 0.2) is 5.84 Å². The number of anilines is 1. The van der Waals surface area contributed by atoms with E-state index in [1.807, 2.05) is 0 Å². The number of ether oxygens (including phenoxy) is 2. The van der Waals surface area contributed by atoms with Crippen LogP contribution in [0.2, 0.25) is 0 Å². The van der Waals surface area contributed by atoms with Crippen LogP contribution in [0.1, 0.15) is 15.9 Å². The quantitative estimate of drug-likeness (QED) is 0.473. The normalized spacial score (nSPS) is 13.9. The second kappa shape index (κ2) is 7.64. The van der Waals surface area contributed by atoms with Gasteiger partial charge in [-0.05, 0) is 48.5 Å². The predicted octanol–water partition coefficient (Wildman–Crippen LogP) is 3.50. The molecule has 0 aliphatic carbocycles. The van der Waals surface area contributed by atoms with Gasteiger partial charge in [0.25, 0.3) is 10.0 Å². The Bertz CT molecular complexity index is 1250. The lowest BCUT2D eigenvalue weighted by atomic mass is 10.1. The molecule has 3 aromatic carbocycles. The van der Waals surface area contributed by atoms with E-state index in [1.54, 1.807) is 78.7 Å². The van der Waals surface area contributed by atoms with Crippen LogP contribution in [0, 0.1) is 0 Å². The Kier molecular flexibility index (Phi) is 5.01. The van der Waals surface area contributed by atoms with E-state index in [2.05, 4.69) is 4.40 Å². The Labute approximate surface area is 174 Å². The van der Waals surface area contributed by atoms with Crippen LogP contribution in [0.5, 0.6) is 11.5 Å². The molecule has 1 heterocycles. The molecule has 0 saturated heterocycles. The molecule has 0 bridgehead atoms. The Morgan fingerprint density at radius 3 is 2.33 bits per heavy atom. The molecule has 152 valence electrons. The second-order valence-corrected chi connectivity index (χ2v) is 8.10. The molecule has 7 nitrogen and oxygen atoms in total. The highest BCUT2D eigenvalue weighted by Gasteiger charge is 2.30. The number of benzene rings is 3. The summed E-state index contributed by atoms with van der Waals surface area (Å²) < 4.78 is 39.1. The van der Waals surface area contributed by atoms with E-state index in [9.17, 15) is 13.2 Å². The topological polar surface area (TPSA) is 85.3 Å². The number of sulfonamides is 1. The first-order valence-corrected chi connectivity index (χ1v) is 10.5. The summed E-state index contributed by atoms with van der Waals surface area (Å²) in [5.74, 6) is 0.584. The van der Waals surface area contributed by atoms with Crippen molar-refractivity contribution in [2.45, 2.75) is 4.90 Å². The van der Waals surface area contributed by atoms with Crippen molar-refractivity contribution in [2.75, 3.05) is 19.1 Å². The summed E-state index contributed by atoms with van der Waals surface area (Å²) in [5, 5.41) is 0. The summed E-state index contributed by atoms with van der Waals surface area (Å²) in [6, 6.07) is 20.2. The monoisotopic (exact) mass is 422 g/mol. The van der Waals surface area contributed by atoms with Crippen LogP contribution in [-0.4, -0.2) is 34.4 Å². The van der Waals surface area contributed by atoms with Crippen molar-refractivity contribution in [3.8, 4) is 11.5 Å². The van der Waals surface area contributed by atoms with Crippen LogP contribution < -0.4 is 14.4 Å². The van der Waals surface area contributed by atoms with Gasteiger partial charge in [-0.15, -0.1) is 4.40 Å². The maximum Gasteiger partial charge on any atom is 0.347 e. The van der Waals surface area contributed by atoms with E-state index < -0.39 is 16.0 Å². The molecule has 4 rings (SSSR count). The van der Waals surface area contributed by atoms with Crippen molar-refractivity contribution >= 4 is 27.5 Å². The molecule has 0 spiro atoms. The van der Waals surface area contributed by atoms with Crippen LogP contribution in [0.15, 0.2) is 82.1 Å². The molecule has 3 aromatic rings. The average Bonchev–Trinajstić information content (AvgIpc) is 3.05. The zero-order valence-corrected chi connectivity index (χ0v) is 17.1. The minimum atomic E-state index is -3.70. The molecule has 30 heavy (non-hydrogen) atoms. The van der Waals surface area contributed by atoms with Gasteiger partial charge in [0, 0.05) is 18.3 Å². The van der Waals surface area contributed by atoms with Gasteiger partial charge in [-0.1, -0.05) is 24.3 Å². The zero-order chi connectivity index (χ0) is 21.3. The number of amidine groups is 1. The molecular formula is C22H18N2O5S. The van der Waals surface area contributed by atoms with E-state index in [1.165, 1.54) is 13.2 Å². The molecule has 8 heteroatoms. The van der Waals surface area contributed by atoms with Crippen molar-refractivity contribution in [2.24, 2.45) is 4.40 Å². The van der Waals surface area contributed by atoms with Crippen molar-refractivity contribution in [1.29, 1.82) is 0 Å². The lowest BCUT2D eigenvalue weighted by Crippen LogP contribution is -2.25. The van der Waals surface area contributed by atoms with Crippen molar-refractivity contribution in [1.82, 2.24) is 0 Å². The third-order valence-electron chi connectivity index (χ3n) is 4.69. The zero-order valence-electron chi connectivity index (χ0n) is 16.3. The van der Waals surface area contributed by atoms with Crippen molar-refractivity contribution in [3.05, 3.63) is 83.9 Å². The molecule has 1 aliphatic rings. The number of hydrogen-bond donors (Lipinski definition) is 0. The smallest absolute Gasteiger partial charge is 0.347 e. The summed E-state index contributed by atoms with van der Waals surface area (Å²) in [4.78, 5) is 14.3. The van der Waals surface area contributed by atoms with Gasteiger partial charge in [0.1, 0.15) is 22.0 Å². The van der Waals surface area contributed by atoms with E-state index in [-0.39, 0.29) is 4.90 Å². The van der Waals surface area contributed by atoms with Gasteiger partial charge >= 0.3 is 5.97 Å². The van der Waals surface area contributed by atoms with Gasteiger partial charge < -0.3 is 14.4 Å². The highest BCUT2D eigenvalue weighted by atomic mass is 32.2. The summed E-state index contributed by atoms with van der Waals surface area (Å²) in [6.45, 7) is 0. The van der Waals surface area contributed by atoms with E-state index in [0.29, 0.717) is 34.1 Å². The number of esters is 1. The number of rotatable bonds is 4. The SMILES string of the molecule is COc1ccccc1C(=O)Oc1ccc(N(C)C2=NS(=O)(=O)c3ccccc32)cc1. The molecule has 0 fully saturated rings. The summed E-state index contributed by atoms with van der Waals surface area (Å²) >= 11 is 0. The Morgan fingerprint density at radius 1 is 0.933 bits per heavy atom. The maximum absolute atomic E-state index is 12.4. The number of hydrogen-bond acceptors (Lipinski definition) is 6. The van der Waals surface area contributed by atoms with Crippen molar-refractivity contribution < 1.29 is 22.7 Å². The maximum atomic E-state index is 12.4. The number of fused-ring (bicyclic) bond motifs is 1. The predicted molar refractivity (Wildman–Crippen MR) is 113 cm³/mol. The minimum Gasteiger partial charge on any atom is -0.496 e. The molecule has 0 amide bonds. The van der Waals surface area contributed by atoms with E-state index >= 15 is 0 Å². The Hall–Kier alpha value is -3.65. The van der Waals surface area contributed by atoms with Crippen LogP contribution in [0.3, 0.4) is 0 Å². The fraction of sp³-hybridized carbons (Fsp3) is 0.0909. The first-order chi connectivity index (χ1) is 14.4. The highest BCUT2D eigenvalue weighted by Crippen LogP contribution is 2.30. The number of para-hydroxylation sites is 1. The third-order valence-corrected chi connectivity index (χ3v) is 6.02. The molecular weight excluding hydrogens is 404 g/mol. The van der Waals surface area contributed by atoms with E-state index in [0.717, 1.165) is 0 Å². The van der Waals surface area contributed by atoms with Crippen molar-refractivity contribution in [3.63, 3.8) is 0 Å². The molecule has 0 radical (unpaired) electrons. The number of methoxy groups -OCH3 is 1. The minimum absolute atomic E-state index is 0.189.